The van der Waals surface area contributed by atoms with E-state index in [9.17, 15) is 0 Å². The van der Waals surface area contributed by atoms with Crippen LogP contribution in [0.15, 0.2) is 188 Å². The first kappa shape index (κ1) is 36.8. The normalized spacial score (nSPS) is 11.6. The minimum absolute atomic E-state index is 0.594. The van der Waals surface area contributed by atoms with Crippen molar-refractivity contribution in [3.8, 4) is 16.3 Å². The molecule has 10 heteroatoms. The number of nitrogen functional groups attached to an aromatic ring is 1. The van der Waals surface area contributed by atoms with Crippen molar-refractivity contribution in [1.82, 2.24) is 14.5 Å². The number of furan rings is 2. The smallest absolute Gasteiger partial charge is 0.195 e. The monoisotopic (exact) mass is 940 g/mol. The van der Waals surface area contributed by atoms with E-state index in [0.29, 0.717) is 5.13 Å². The molecular formula is C50H30Br2N4O2S2. The number of thiazole rings is 2. The van der Waals surface area contributed by atoms with E-state index in [4.69, 9.17) is 19.6 Å². The second-order valence-electron chi connectivity index (χ2n) is 14.2. The van der Waals surface area contributed by atoms with Gasteiger partial charge in [0.15, 0.2) is 10.3 Å². The van der Waals surface area contributed by atoms with Gasteiger partial charge < -0.3 is 14.6 Å². The minimum Gasteiger partial charge on any atom is -0.456 e. The second kappa shape index (κ2) is 15.1. The van der Waals surface area contributed by atoms with Gasteiger partial charge in [0.2, 0.25) is 0 Å². The number of benzene rings is 8. The molecule has 0 amide bonds. The van der Waals surface area contributed by atoms with Crippen molar-refractivity contribution in [1.29, 1.82) is 0 Å². The van der Waals surface area contributed by atoms with Crippen molar-refractivity contribution in [3.05, 3.63) is 179 Å². The average molecular weight is 943 g/mol. The maximum absolute atomic E-state index is 6.06. The van der Waals surface area contributed by atoms with Crippen molar-refractivity contribution >= 4 is 146 Å². The number of nitrogens with two attached hydrogens (primary N) is 1. The molecule has 0 unspecified atom stereocenters. The van der Waals surface area contributed by atoms with Gasteiger partial charge in [-0.05, 0) is 59.7 Å². The first-order valence-corrected chi connectivity index (χ1v) is 22.4. The van der Waals surface area contributed by atoms with Gasteiger partial charge in [-0.3, -0.25) is 4.57 Å². The summed E-state index contributed by atoms with van der Waals surface area (Å²) in [5, 5.41) is 8.63. The lowest BCUT2D eigenvalue weighted by atomic mass is 10.1. The van der Waals surface area contributed by atoms with Crippen molar-refractivity contribution in [3.63, 3.8) is 0 Å². The third-order valence-electron chi connectivity index (χ3n) is 10.6. The molecule has 0 aliphatic rings. The highest BCUT2D eigenvalue weighted by atomic mass is 79.9. The molecule has 60 heavy (non-hydrogen) atoms. The van der Waals surface area contributed by atoms with Gasteiger partial charge >= 0.3 is 0 Å². The van der Waals surface area contributed by atoms with Crippen LogP contribution in [0, 0.1) is 0 Å². The Bertz CT molecular complexity index is 3650. The molecule has 5 aromatic heterocycles. The quantitative estimate of drug-likeness (QED) is 0.187. The van der Waals surface area contributed by atoms with Crippen LogP contribution in [0.2, 0.25) is 0 Å². The van der Waals surface area contributed by atoms with Gasteiger partial charge in [-0.1, -0.05) is 164 Å². The fraction of sp³-hybridized carbons (Fsp3) is 0. The van der Waals surface area contributed by atoms with Crippen LogP contribution in [-0.2, 0) is 0 Å². The number of fused-ring (bicyclic) bond motifs is 11. The lowest BCUT2D eigenvalue weighted by Crippen LogP contribution is -1.91. The topological polar surface area (TPSA) is 83.0 Å². The van der Waals surface area contributed by atoms with E-state index in [1.807, 2.05) is 60.7 Å². The van der Waals surface area contributed by atoms with Gasteiger partial charge in [0, 0.05) is 53.4 Å². The Balaban J connectivity index is 0.000000112. The first-order chi connectivity index (χ1) is 29.5. The lowest BCUT2D eigenvalue weighted by molar-refractivity contribution is 0.669. The lowest BCUT2D eigenvalue weighted by Gasteiger charge is -2.06. The van der Waals surface area contributed by atoms with Crippen LogP contribution in [0.25, 0.3) is 102 Å². The zero-order valence-corrected chi connectivity index (χ0v) is 36.3. The van der Waals surface area contributed by atoms with Crippen LogP contribution in [0.5, 0.6) is 0 Å². The highest BCUT2D eigenvalue weighted by Gasteiger charge is 2.17. The zero-order chi connectivity index (χ0) is 40.3. The van der Waals surface area contributed by atoms with Gasteiger partial charge in [0.1, 0.15) is 22.3 Å². The molecule has 0 bridgehead atoms. The summed E-state index contributed by atoms with van der Waals surface area (Å²) in [5.74, 6) is 0. The maximum atomic E-state index is 6.06. The van der Waals surface area contributed by atoms with Crippen molar-refractivity contribution in [2.75, 3.05) is 5.73 Å². The maximum Gasteiger partial charge on any atom is 0.195 e. The van der Waals surface area contributed by atoms with Crippen molar-refractivity contribution < 1.29 is 8.83 Å². The number of nitrogens with zero attached hydrogens (tertiary/aromatic N) is 3. The predicted molar refractivity (Wildman–Crippen MR) is 260 cm³/mol. The molecule has 2 N–H and O–H groups in total. The summed E-state index contributed by atoms with van der Waals surface area (Å²) >= 11 is 10.3. The molecule has 5 heterocycles. The van der Waals surface area contributed by atoms with E-state index in [1.54, 1.807) is 11.3 Å². The van der Waals surface area contributed by atoms with Crippen molar-refractivity contribution in [2.45, 2.75) is 0 Å². The second-order valence-corrected chi connectivity index (χ2v) is 18.0. The number of rotatable bonds is 2. The molecule has 6 nitrogen and oxygen atoms in total. The molecule has 0 aliphatic heterocycles. The Morgan fingerprint density at radius 3 is 1.40 bits per heavy atom. The van der Waals surface area contributed by atoms with Crippen LogP contribution in [-0.4, -0.2) is 14.5 Å². The fourth-order valence-corrected chi connectivity index (χ4v) is 10.6. The fourth-order valence-electron chi connectivity index (χ4n) is 7.88. The highest BCUT2D eigenvalue weighted by Crippen LogP contribution is 2.39. The number of para-hydroxylation sites is 4. The summed E-state index contributed by atoms with van der Waals surface area (Å²) in [6, 6.07) is 58.0. The molecule has 13 rings (SSSR count). The summed E-state index contributed by atoms with van der Waals surface area (Å²) in [5.41, 5.74) is 15.9. The Morgan fingerprint density at radius 2 is 0.867 bits per heavy atom. The summed E-state index contributed by atoms with van der Waals surface area (Å²) in [4.78, 5) is 9.27. The minimum atomic E-state index is 0.594. The van der Waals surface area contributed by atoms with E-state index < -0.39 is 0 Å². The predicted octanol–water partition coefficient (Wildman–Crippen LogP) is 15.9. The van der Waals surface area contributed by atoms with Crippen LogP contribution >= 0.6 is 54.5 Å². The molecule has 8 aromatic carbocycles. The summed E-state index contributed by atoms with van der Waals surface area (Å²) in [6.07, 6.45) is 0. The molecule has 0 saturated carbocycles. The van der Waals surface area contributed by atoms with Crippen LogP contribution < -0.4 is 5.73 Å². The molecule has 0 spiro atoms. The van der Waals surface area contributed by atoms with E-state index >= 15 is 0 Å². The molecule has 13 aromatic rings. The van der Waals surface area contributed by atoms with Gasteiger partial charge in [0.25, 0.3) is 0 Å². The number of hydrogen-bond donors (Lipinski definition) is 1. The molecule has 0 aliphatic carbocycles. The Hall–Kier alpha value is -6.30. The van der Waals surface area contributed by atoms with E-state index in [0.717, 1.165) is 73.7 Å². The van der Waals surface area contributed by atoms with Gasteiger partial charge in [-0.2, -0.15) is 0 Å². The van der Waals surface area contributed by atoms with Gasteiger partial charge in [0.05, 0.1) is 31.5 Å². The Kier molecular flexibility index (Phi) is 9.23. The standard InChI is InChI=1S/C25H14N2OS.C13H8N2OS.C12H8Br2/c1-4-10-20-15(7-1)16-8-2-5-11-21(16)27(20)25-26-19-14-23-18(13-24(19)29-25)17-9-3-6-12-22(17)28-23;14-13-15-9-6-11-8(5-12(9)17-13)7-3-1-2-4-10(7)16-11;13-11-7-3-1-5-9(11)10-6-2-4-8-12(10)14/h1-14H;1-6H,(H2,14,15);1-8H. The van der Waals surface area contributed by atoms with Crippen LogP contribution in [0.4, 0.5) is 5.13 Å². The number of anilines is 1. The summed E-state index contributed by atoms with van der Waals surface area (Å²) < 4.78 is 18.6. The van der Waals surface area contributed by atoms with Gasteiger partial charge in [-0.25, -0.2) is 9.97 Å². The van der Waals surface area contributed by atoms with E-state index in [-0.39, 0.29) is 0 Å². The SMILES string of the molecule is Brc1ccccc1-c1ccccc1Br.Nc1nc2cc3oc4ccccc4c3cc2s1.c1ccc2c(c1)oc1cc3nc(-n4c5ccccc5c5ccccc54)sc3cc12. The van der Waals surface area contributed by atoms with Gasteiger partial charge in [-0.15, -0.1) is 0 Å². The van der Waals surface area contributed by atoms with Crippen LogP contribution in [0.3, 0.4) is 0 Å². The Labute approximate surface area is 367 Å². The zero-order valence-electron chi connectivity index (χ0n) is 31.5. The molecule has 0 atom stereocenters. The van der Waals surface area contributed by atoms with Crippen LogP contribution in [0.1, 0.15) is 0 Å². The number of halogens is 2. The average Bonchev–Trinajstić information content (AvgIpc) is 4.09. The number of aromatic nitrogens is 3. The van der Waals surface area contributed by atoms with E-state index in [2.05, 4.69) is 151 Å². The summed E-state index contributed by atoms with van der Waals surface area (Å²) in [7, 11) is 0. The van der Waals surface area contributed by atoms with E-state index in [1.165, 1.54) is 49.0 Å². The first-order valence-electron chi connectivity index (χ1n) is 19.1. The molecular weight excluding hydrogens is 913 g/mol. The largest absolute Gasteiger partial charge is 0.456 e. The highest BCUT2D eigenvalue weighted by molar-refractivity contribution is 9.11. The molecule has 0 fully saturated rings. The third kappa shape index (κ3) is 6.44. The molecule has 0 saturated heterocycles. The molecule has 288 valence electrons. The Morgan fingerprint density at radius 1 is 0.433 bits per heavy atom. The molecule has 0 radical (unpaired) electrons. The summed E-state index contributed by atoms with van der Waals surface area (Å²) in [6.45, 7) is 0. The third-order valence-corrected chi connectivity index (χ3v) is 13.8. The number of hydrogen-bond acceptors (Lipinski definition) is 7. The van der Waals surface area contributed by atoms with Crippen molar-refractivity contribution in [2.24, 2.45) is 0 Å².